The van der Waals surface area contributed by atoms with Gasteiger partial charge in [-0.3, -0.25) is 0 Å². The monoisotopic (exact) mass is 300 g/mol. The molecule has 1 aliphatic rings. The molecule has 19 heavy (non-hydrogen) atoms. The van der Waals surface area contributed by atoms with Crippen LogP contribution in [0.25, 0.3) is 0 Å². The van der Waals surface area contributed by atoms with E-state index in [1.54, 1.807) is 6.07 Å². The number of thioether (sulfide) groups is 1. The normalized spacial score (nSPS) is 22.4. The topological polar surface area (TPSA) is 75.3 Å². The molecule has 0 heterocycles. The third-order valence-corrected chi connectivity index (χ3v) is 4.80. The maximum atomic E-state index is 11.3. The molecule has 0 aromatic heterocycles. The zero-order chi connectivity index (χ0) is 14.0. The number of rotatable bonds is 4. The molecular weight excluding hydrogens is 284 g/mol. The first-order chi connectivity index (χ1) is 9.01. The number of nitrogens with one attached hydrogen (secondary N) is 1. The molecule has 0 amide bonds. The Morgan fingerprint density at radius 1 is 1.53 bits per heavy atom. The molecule has 4 nitrogen and oxygen atoms in total. The average molecular weight is 301 g/mol. The van der Waals surface area contributed by atoms with Gasteiger partial charge in [-0.1, -0.05) is 11.6 Å². The number of carbonyl (C=O) groups is 1. The van der Waals surface area contributed by atoms with Crippen LogP contribution in [0.4, 0.5) is 11.4 Å². The summed E-state index contributed by atoms with van der Waals surface area (Å²) in [7, 11) is 0. The molecule has 1 saturated carbocycles. The van der Waals surface area contributed by atoms with Gasteiger partial charge in [0.1, 0.15) is 0 Å². The van der Waals surface area contributed by atoms with Gasteiger partial charge in [0.2, 0.25) is 0 Å². The lowest BCUT2D eigenvalue weighted by Crippen LogP contribution is -2.18. The Morgan fingerprint density at radius 3 is 2.84 bits per heavy atom. The number of carboxylic acids is 1. The Labute approximate surface area is 121 Å². The number of hydrogen-bond acceptors (Lipinski definition) is 4. The molecule has 1 aromatic carbocycles. The molecule has 1 aromatic rings. The van der Waals surface area contributed by atoms with Crippen LogP contribution in [0.1, 0.15) is 29.6 Å². The van der Waals surface area contributed by atoms with Gasteiger partial charge in [-0.05, 0) is 37.7 Å². The molecule has 2 unspecified atom stereocenters. The summed E-state index contributed by atoms with van der Waals surface area (Å²) >= 11 is 7.97. The Balaban J connectivity index is 2.22. The van der Waals surface area contributed by atoms with Crippen molar-refractivity contribution < 1.29 is 9.90 Å². The largest absolute Gasteiger partial charge is 0.478 e. The number of aromatic carboxylic acids is 1. The fraction of sp³-hybridized carbons (Fsp3) is 0.462. The third kappa shape index (κ3) is 3.28. The molecule has 6 heteroatoms. The van der Waals surface area contributed by atoms with E-state index in [1.165, 1.54) is 6.07 Å². The van der Waals surface area contributed by atoms with Crippen LogP contribution in [0, 0.1) is 0 Å². The fourth-order valence-corrected chi connectivity index (χ4v) is 3.51. The lowest BCUT2D eigenvalue weighted by molar-refractivity contribution is 0.0698. The van der Waals surface area contributed by atoms with E-state index in [-0.39, 0.29) is 11.6 Å². The summed E-state index contributed by atoms with van der Waals surface area (Å²) in [5, 5.41) is 13.5. The smallest absolute Gasteiger partial charge is 0.337 e. The van der Waals surface area contributed by atoms with Gasteiger partial charge < -0.3 is 16.2 Å². The average Bonchev–Trinajstić information content (AvgIpc) is 2.79. The first-order valence-corrected chi connectivity index (χ1v) is 7.79. The summed E-state index contributed by atoms with van der Waals surface area (Å²) in [4.78, 5) is 11.3. The van der Waals surface area contributed by atoms with Gasteiger partial charge >= 0.3 is 5.97 Å². The van der Waals surface area contributed by atoms with Crippen molar-refractivity contribution in [2.24, 2.45) is 0 Å². The van der Waals surface area contributed by atoms with E-state index in [0.717, 1.165) is 19.3 Å². The second kappa shape index (κ2) is 5.92. The number of nitrogens with two attached hydrogens (primary N) is 1. The van der Waals surface area contributed by atoms with E-state index in [4.69, 9.17) is 17.3 Å². The number of benzene rings is 1. The van der Waals surface area contributed by atoms with Crippen molar-refractivity contribution in [2.45, 2.75) is 30.6 Å². The van der Waals surface area contributed by atoms with Gasteiger partial charge in [0.25, 0.3) is 0 Å². The second-order valence-corrected chi connectivity index (χ2v) is 6.29. The molecule has 0 bridgehead atoms. The van der Waals surface area contributed by atoms with Crippen molar-refractivity contribution in [3.63, 3.8) is 0 Å². The molecule has 0 saturated heterocycles. The van der Waals surface area contributed by atoms with Crippen LogP contribution < -0.4 is 11.1 Å². The van der Waals surface area contributed by atoms with Crippen LogP contribution in [0.5, 0.6) is 0 Å². The Kier molecular flexibility index (Phi) is 4.47. The minimum atomic E-state index is -1.02. The third-order valence-electron chi connectivity index (χ3n) is 3.41. The summed E-state index contributed by atoms with van der Waals surface area (Å²) in [5.41, 5.74) is 6.62. The maximum Gasteiger partial charge on any atom is 0.337 e. The van der Waals surface area contributed by atoms with Gasteiger partial charge in [-0.2, -0.15) is 11.8 Å². The highest BCUT2D eigenvalue weighted by atomic mass is 35.5. The van der Waals surface area contributed by atoms with Crippen molar-refractivity contribution in [3.8, 4) is 0 Å². The Hall–Kier alpha value is -1.07. The minimum absolute atomic E-state index is 0.137. The van der Waals surface area contributed by atoms with Gasteiger partial charge in [-0.25, -0.2) is 4.79 Å². The predicted octanol–water partition coefficient (Wildman–Crippen LogP) is 3.32. The van der Waals surface area contributed by atoms with Crippen LogP contribution in [-0.4, -0.2) is 28.6 Å². The zero-order valence-electron chi connectivity index (χ0n) is 10.6. The molecule has 2 rings (SSSR count). The van der Waals surface area contributed by atoms with Crippen molar-refractivity contribution in [2.75, 3.05) is 17.3 Å². The molecule has 1 fully saturated rings. The van der Waals surface area contributed by atoms with Crippen LogP contribution in [0.2, 0.25) is 5.02 Å². The summed E-state index contributed by atoms with van der Waals surface area (Å²) in [6.45, 7) is 0. The van der Waals surface area contributed by atoms with Crippen molar-refractivity contribution in [1.82, 2.24) is 0 Å². The van der Waals surface area contributed by atoms with Crippen LogP contribution in [-0.2, 0) is 0 Å². The lowest BCUT2D eigenvalue weighted by atomic mass is 10.1. The fourth-order valence-electron chi connectivity index (χ4n) is 2.43. The first-order valence-electron chi connectivity index (χ1n) is 6.13. The molecule has 1 aliphatic carbocycles. The Morgan fingerprint density at radius 2 is 2.26 bits per heavy atom. The molecule has 104 valence electrons. The van der Waals surface area contributed by atoms with Gasteiger partial charge in [0, 0.05) is 17.0 Å². The highest BCUT2D eigenvalue weighted by Gasteiger charge is 2.26. The summed E-state index contributed by atoms with van der Waals surface area (Å²) < 4.78 is 0. The molecule has 0 aliphatic heterocycles. The van der Waals surface area contributed by atoms with E-state index >= 15 is 0 Å². The molecule has 0 spiro atoms. The predicted molar refractivity (Wildman–Crippen MR) is 81.4 cm³/mol. The summed E-state index contributed by atoms with van der Waals surface area (Å²) in [5.74, 6) is -1.02. The first kappa shape index (κ1) is 14.3. The van der Waals surface area contributed by atoms with Gasteiger partial charge in [0.15, 0.2) is 0 Å². The summed E-state index contributed by atoms with van der Waals surface area (Å²) in [6, 6.07) is 3.30. The lowest BCUT2D eigenvalue weighted by Gasteiger charge is -2.18. The standard InChI is InChI=1S/C13H17ClN2O2S/c1-19-9-3-2-8(6-9)16-12-10(13(17)18)4-7(15)5-11(12)14/h4-5,8-9,16H,2-3,6,15H2,1H3,(H,17,18). The van der Waals surface area contributed by atoms with E-state index in [1.807, 2.05) is 11.8 Å². The zero-order valence-corrected chi connectivity index (χ0v) is 12.2. The molecule has 0 radical (unpaired) electrons. The number of hydrogen-bond donors (Lipinski definition) is 3. The minimum Gasteiger partial charge on any atom is -0.478 e. The molecular formula is C13H17ClN2O2S. The SMILES string of the molecule is CSC1CCC(Nc2c(Cl)cc(N)cc2C(=O)O)C1. The van der Waals surface area contributed by atoms with Crippen molar-refractivity contribution in [3.05, 3.63) is 22.7 Å². The quantitative estimate of drug-likeness (QED) is 0.744. The highest BCUT2D eigenvalue weighted by molar-refractivity contribution is 7.99. The van der Waals surface area contributed by atoms with E-state index in [0.29, 0.717) is 21.6 Å². The maximum absolute atomic E-state index is 11.3. The van der Waals surface area contributed by atoms with Crippen molar-refractivity contribution >= 4 is 40.7 Å². The molecule has 2 atom stereocenters. The van der Waals surface area contributed by atoms with Crippen molar-refractivity contribution in [1.29, 1.82) is 0 Å². The van der Waals surface area contributed by atoms with Crippen LogP contribution in [0.15, 0.2) is 12.1 Å². The van der Waals surface area contributed by atoms with Gasteiger partial charge in [-0.15, -0.1) is 0 Å². The number of halogens is 1. The van der Waals surface area contributed by atoms with E-state index in [9.17, 15) is 9.90 Å². The van der Waals surface area contributed by atoms with Crippen LogP contribution in [0.3, 0.4) is 0 Å². The number of nitrogen functional groups attached to an aromatic ring is 1. The van der Waals surface area contributed by atoms with E-state index < -0.39 is 5.97 Å². The van der Waals surface area contributed by atoms with Crippen LogP contribution >= 0.6 is 23.4 Å². The second-order valence-electron chi connectivity index (χ2n) is 4.74. The van der Waals surface area contributed by atoms with E-state index in [2.05, 4.69) is 11.6 Å². The summed E-state index contributed by atoms with van der Waals surface area (Å²) in [6.07, 6.45) is 5.31. The molecule has 4 N–H and O–H groups in total. The highest BCUT2D eigenvalue weighted by Crippen LogP contribution is 2.34. The Bertz CT molecular complexity index is 496. The van der Waals surface area contributed by atoms with Gasteiger partial charge in [0.05, 0.1) is 16.3 Å². The number of carboxylic acid groups (broad SMARTS) is 1. The number of anilines is 2.